The molecule has 0 spiro atoms. The van der Waals surface area contributed by atoms with E-state index in [2.05, 4.69) is 46.6 Å². The fourth-order valence-corrected chi connectivity index (χ4v) is 2.80. The molecule has 1 saturated carbocycles. The van der Waals surface area contributed by atoms with E-state index in [9.17, 15) is 0 Å². The first kappa shape index (κ1) is 15.6. The molecule has 126 valence electrons. The minimum absolute atomic E-state index is 0.561. The monoisotopic (exact) mass is 330 g/mol. The average Bonchev–Trinajstić information content (AvgIpc) is 3.47. The van der Waals surface area contributed by atoms with Gasteiger partial charge in [0.25, 0.3) is 0 Å². The summed E-state index contributed by atoms with van der Waals surface area (Å²) in [5.41, 5.74) is 3.31. The Morgan fingerprint density at radius 3 is 2.32 bits per heavy atom. The molecule has 0 aliphatic heterocycles. The largest absolute Gasteiger partial charge is 0.367 e. The van der Waals surface area contributed by atoms with Crippen molar-refractivity contribution < 1.29 is 0 Å². The molecule has 1 fully saturated rings. The van der Waals surface area contributed by atoms with Crippen molar-refractivity contribution in [2.24, 2.45) is 0 Å². The highest BCUT2D eigenvalue weighted by Crippen LogP contribution is 2.28. The topological polar surface area (TPSA) is 41.1 Å². The van der Waals surface area contributed by atoms with E-state index in [1.54, 1.807) is 0 Å². The van der Waals surface area contributed by atoms with Crippen LogP contribution in [0.5, 0.6) is 0 Å². The standard InChI is InChI=1S/C21H22N4/c1-25(15-16-8-4-2-5-9-16)21-23-19(17-10-6-3-7-11-17)14-20(24-21)22-18-12-13-18/h2-11,14,18H,12-13,15H2,1H3,(H,22,23,24). The number of nitrogens with zero attached hydrogens (tertiary/aromatic N) is 3. The van der Waals surface area contributed by atoms with Gasteiger partial charge < -0.3 is 10.2 Å². The zero-order valence-electron chi connectivity index (χ0n) is 14.4. The van der Waals surface area contributed by atoms with Crippen LogP contribution in [0.25, 0.3) is 11.3 Å². The lowest BCUT2D eigenvalue weighted by molar-refractivity contribution is 0.867. The van der Waals surface area contributed by atoms with E-state index in [1.165, 1.54) is 18.4 Å². The van der Waals surface area contributed by atoms with Crippen molar-refractivity contribution in [2.45, 2.75) is 25.4 Å². The van der Waals surface area contributed by atoms with Gasteiger partial charge >= 0.3 is 0 Å². The third kappa shape index (κ3) is 3.97. The molecule has 0 radical (unpaired) electrons. The van der Waals surface area contributed by atoms with Crippen molar-refractivity contribution in [3.8, 4) is 11.3 Å². The molecule has 4 rings (SSSR count). The van der Waals surface area contributed by atoms with Crippen LogP contribution < -0.4 is 10.2 Å². The number of rotatable bonds is 6. The van der Waals surface area contributed by atoms with Crippen LogP contribution in [0, 0.1) is 0 Å². The lowest BCUT2D eigenvalue weighted by atomic mass is 10.1. The van der Waals surface area contributed by atoms with E-state index in [4.69, 9.17) is 9.97 Å². The van der Waals surface area contributed by atoms with Gasteiger partial charge in [-0.2, -0.15) is 4.98 Å². The summed E-state index contributed by atoms with van der Waals surface area (Å²) < 4.78 is 0. The Hall–Kier alpha value is -2.88. The zero-order chi connectivity index (χ0) is 17.1. The Labute approximate surface area is 148 Å². The lowest BCUT2D eigenvalue weighted by Crippen LogP contribution is -2.20. The normalized spacial score (nSPS) is 13.5. The number of nitrogens with one attached hydrogen (secondary N) is 1. The maximum absolute atomic E-state index is 4.80. The van der Waals surface area contributed by atoms with Crippen molar-refractivity contribution in [2.75, 3.05) is 17.3 Å². The summed E-state index contributed by atoms with van der Waals surface area (Å²) in [6, 6.07) is 23.3. The molecule has 4 heteroatoms. The van der Waals surface area contributed by atoms with Crippen molar-refractivity contribution in [3.63, 3.8) is 0 Å². The minimum atomic E-state index is 0.561. The number of anilines is 2. The van der Waals surface area contributed by atoms with Gasteiger partial charge in [-0.3, -0.25) is 0 Å². The first-order valence-electron chi connectivity index (χ1n) is 8.74. The fourth-order valence-electron chi connectivity index (χ4n) is 2.80. The van der Waals surface area contributed by atoms with Gasteiger partial charge in [-0.05, 0) is 18.4 Å². The molecule has 25 heavy (non-hydrogen) atoms. The van der Waals surface area contributed by atoms with E-state index < -0.39 is 0 Å². The molecule has 1 aliphatic carbocycles. The van der Waals surface area contributed by atoms with E-state index in [0.29, 0.717) is 6.04 Å². The van der Waals surface area contributed by atoms with Crippen molar-refractivity contribution in [3.05, 3.63) is 72.3 Å². The van der Waals surface area contributed by atoms with E-state index in [0.717, 1.165) is 29.6 Å². The predicted molar refractivity (Wildman–Crippen MR) is 103 cm³/mol. The summed E-state index contributed by atoms with van der Waals surface area (Å²) in [5.74, 6) is 1.65. The quantitative estimate of drug-likeness (QED) is 0.729. The van der Waals surface area contributed by atoms with Gasteiger partial charge in [0.1, 0.15) is 5.82 Å². The molecule has 4 nitrogen and oxygen atoms in total. The van der Waals surface area contributed by atoms with E-state index >= 15 is 0 Å². The van der Waals surface area contributed by atoms with Crippen molar-refractivity contribution in [1.82, 2.24) is 9.97 Å². The van der Waals surface area contributed by atoms with E-state index in [-0.39, 0.29) is 0 Å². The van der Waals surface area contributed by atoms with Crippen molar-refractivity contribution in [1.29, 1.82) is 0 Å². The molecule has 0 amide bonds. The molecule has 0 unspecified atom stereocenters. The zero-order valence-corrected chi connectivity index (χ0v) is 14.4. The first-order valence-corrected chi connectivity index (χ1v) is 8.74. The molecule has 1 heterocycles. The highest BCUT2D eigenvalue weighted by molar-refractivity contribution is 5.64. The molecular formula is C21H22N4. The second-order valence-corrected chi connectivity index (χ2v) is 6.56. The Kier molecular flexibility index (Phi) is 4.34. The second kappa shape index (κ2) is 6.93. The maximum atomic E-state index is 4.80. The summed E-state index contributed by atoms with van der Waals surface area (Å²) in [6.45, 7) is 0.780. The summed E-state index contributed by atoms with van der Waals surface area (Å²) in [7, 11) is 2.04. The van der Waals surface area contributed by atoms with Crippen LogP contribution in [0.4, 0.5) is 11.8 Å². The second-order valence-electron chi connectivity index (χ2n) is 6.56. The van der Waals surface area contributed by atoms with Gasteiger partial charge in [0, 0.05) is 31.3 Å². The average molecular weight is 330 g/mol. The van der Waals surface area contributed by atoms with Gasteiger partial charge in [-0.15, -0.1) is 0 Å². The van der Waals surface area contributed by atoms with Gasteiger partial charge in [0.15, 0.2) is 0 Å². The minimum Gasteiger partial charge on any atom is -0.367 e. The SMILES string of the molecule is CN(Cc1ccccc1)c1nc(NC2CC2)cc(-c2ccccc2)n1. The van der Waals surface area contributed by atoms with Crippen LogP contribution in [0.1, 0.15) is 18.4 Å². The summed E-state index contributed by atoms with van der Waals surface area (Å²) in [6.07, 6.45) is 2.44. The smallest absolute Gasteiger partial charge is 0.227 e. The van der Waals surface area contributed by atoms with Crippen LogP contribution in [-0.2, 0) is 6.54 Å². The molecule has 3 aromatic rings. The van der Waals surface area contributed by atoms with Crippen LogP contribution >= 0.6 is 0 Å². The Morgan fingerprint density at radius 2 is 1.64 bits per heavy atom. The Morgan fingerprint density at radius 1 is 0.960 bits per heavy atom. The lowest BCUT2D eigenvalue weighted by Gasteiger charge is -2.19. The predicted octanol–water partition coefficient (Wildman–Crippen LogP) is 4.35. The number of benzene rings is 2. The molecular weight excluding hydrogens is 308 g/mol. The molecule has 1 N–H and O–H groups in total. The van der Waals surface area contributed by atoms with E-state index in [1.807, 2.05) is 37.4 Å². The van der Waals surface area contributed by atoms with Crippen LogP contribution in [0.15, 0.2) is 66.7 Å². The third-order valence-electron chi connectivity index (χ3n) is 4.32. The number of hydrogen-bond donors (Lipinski definition) is 1. The maximum Gasteiger partial charge on any atom is 0.227 e. The molecule has 0 bridgehead atoms. The van der Waals surface area contributed by atoms with Crippen molar-refractivity contribution >= 4 is 11.8 Å². The van der Waals surface area contributed by atoms with Gasteiger partial charge in [0.05, 0.1) is 5.69 Å². The summed E-state index contributed by atoms with van der Waals surface area (Å²) >= 11 is 0. The molecule has 2 aromatic carbocycles. The Bertz CT molecular complexity index is 829. The first-order chi connectivity index (χ1) is 12.3. The van der Waals surface area contributed by atoms with Gasteiger partial charge in [0.2, 0.25) is 5.95 Å². The summed E-state index contributed by atoms with van der Waals surface area (Å²) in [5, 5.41) is 3.51. The van der Waals surface area contributed by atoms with Crippen LogP contribution in [0.2, 0.25) is 0 Å². The number of hydrogen-bond acceptors (Lipinski definition) is 4. The van der Waals surface area contributed by atoms with Gasteiger partial charge in [-0.1, -0.05) is 60.7 Å². The molecule has 1 aliphatic rings. The highest BCUT2D eigenvalue weighted by Gasteiger charge is 2.22. The fraction of sp³-hybridized carbons (Fsp3) is 0.238. The Balaban J connectivity index is 1.65. The summed E-state index contributed by atoms with van der Waals surface area (Å²) in [4.78, 5) is 11.6. The molecule has 0 saturated heterocycles. The molecule has 1 aromatic heterocycles. The van der Waals surface area contributed by atoms with Crippen LogP contribution in [-0.4, -0.2) is 23.1 Å². The third-order valence-corrected chi connectivity index (χ3v) is 4.32. The number of aromatic nitrogens is 2. The van der Waals surface area contributed by atoms with Gasteiger partial charge in [-0.25, -0.2) is 4.98 Å². The highest BCUT2D eigenvalue weighted by atomic mass is 15.2. The van der Waals surface area contributed by atoms with Crippen LogP contribution in [0.3, 0.4) is 0 Å². The molecule has 0 atom stereocenters.